The molecule has 12 heteroatoms. The first-order valence-corrected chi connectivity index (χ1v) is 16.2. The second kappa shape index (κ2) is 12.7. The van der Waals surface area contributed by atoms with Crippen molar-refractivity contribution in [3.8, 4) is 0 Å². The first kappa shape index (κ1) is 32.0. The summed E-state index contributed by atoms with van der Waals surface area (Å²) in [5.74, 6) is -1.04. The Morgan fingerprint density at radius 2 is 1.73 bits per heavy atom. The number of carbonyl (C=O) groups is 1. The zero-order valence-electron chi connectivity index (χ0n) is 24.0. The Labute approximate surface area is 221 Å². The average Bonchev–Trinajstić information content (AvgIpc) is 2.81. The van der Waals surface area contributed by atoms with E-state index in [1.165, 1.54) is 6.92 Å². The van der Waals surface area contributed by atoms with Crippen LogP contribution < -0.4 is 0 Å². The first-order chi connectivity index (χ1) is 17.1. The predicted octanol–water partition coefficient (Wildman–Crippen LogP) is 4.13. The van der Waals surface area contributed by atoms with Gasteiger partial charge in [0.1, 0.15) is 6.10 Å². The Bertz CT molecular complexity index is 822. The minimum absolute atomic E-state index is 0.0704. The van der Waals surface area contributed by atoms with Gasteiger partial charge in [0.25, 0.3) is 0 Å². The SMILES string of the molecule is CCC1O[C@@H](O[Si](C)(C)C(C)(C)C(C)C)C(N=[N+]=[N-])[C@@H](C)[C@@H]1O[C@@H]1OC(CO)[C@@H](O)[C@H](C)C1OC(C)=O. The second-order valence-electron chi connectivity index (χ2n) is 11.8. The monoisotopic (exact) mass is 545 g/mol. The Morgan fingerprint density at radius 3 is 2.22 bits per heavy atom. The molecule has 37 heavy (non-hydrogen) atoms. The Morgan fingerprint density at radius 1 is 1.14 bits per heavy atom. The van der Waals surface area contributed by atoms with Gasteiger partial charge in [-0.05, 0) is 41.9 Å². The highest BCUT2D eigenvalue weighted by Crippen LogP contribution is 2.47. The van der Waals surface area contributed by atoms with Crippen molar-refractivity contribution in [2.45, 2.75) is 129 Å². The number of ether oxygens (including phenoxy) is 4. The van der Waals surface area contributed by atoms with Crippen molar-refractivity contribution in [3.63, 3.8) is 0 Å². The number of azide groups is 1. The minimum Gasteiger partial charge on any atom is -0.457 e. The molecule has 2 rings (SSSR count). The van der Waals surface area contributed by atoms with Crippen molar-refractivity contribution in [2.24, 2.45) is 22.9 Å². The molecular weight excluding hydrogens is 498 g/mol. The highest BCUT2D eigenvalue weighted by Gasteiger charge is 2.53. The average molecular weight is 546 g/mol. The smallest absolute Gasteiger partial charge is 0.303 e. The summed E-state index contributed by atoms with van der Waals surface area (Å²) in [6.07, 6.45) is -5.06. The molecule has 10 atom stereocenters. The number of rotatable bonds is 10. The van der Waals surface area contributed by atoms with E-state index in [-0.39, 0.29) is 11.0 Å². The third-order valence-electron chi connectivity index (χ3n) is 8.79. The molecule has 0 aliphatic carbocycles. The highest BCUT2D eigenvalue weighted by atomic mass is 28.4. The van der Waals surface area contributed by atoms with Crippen LogP contribution in [0.1, 0.15) is 61.8 Å². The summed E-state index contributed by atoms with van der Waals surface area (Å²) < 4.78 is 30.8. The van der Waals surface area contributed by atoms with Crippen molar-refractivity contribution in [1.82, 2.24) is 0 Å². The maximum Gasteiger partial charge on any atom is 0.303 e. The van der Waals surface area contributed by atoms with E-state index in [9.17, 15) is 20.5 Å². The zero-order valence-corrected chi connectivity index (χ0v) is 25.0. The van der Waals surface area contributed by atoms with E-state index >= 15 is 0 Å². The van der Waals surface area contributed by atoms with Gasteiger partial charge in [-0.15, -0.1) is 0 Å². The van der Waals surface area contributed by atoms with Crippen LogP contribution in [0.15, 0.2) is 5.11 Å². The van der Waals surface area contributed by atoms with Gasteiger partial charge in [-0.1, -0.05) is 53.6 Å². The van der Waals surface area contributed by atoms with Gasteiger partial charge in [-0.2, -0.15) is 0 Å². The van der Waals surface area contributed by atoms with Gasteiger partial charge >= 0.3 is 5.97 Å². The Hall–Kier alpha value is -1.24. The van der Waals surface area contributed by atoms with Crippen molar-refractivity contribution in [3.05, 3.63) is 10.4 Å². The summed E-state index contributed by atoms with van der Waals surface area (Å²) in [5, 5.41) is 24.3. The third-order valence-corrected chi connectivity index (χ3v) is 13.3. The molecule has 0 saturated carbocycles. The number of aliphatic hydroxyl groups is 2. The lowest BCUT2D eigenvalue weighted by Gasteiger charge is -2.51. The lowest BCUT2D eigenvalue weighted by atomic mass is 9.87. The van der Waals surface area contributed by atoms with E-state index in [1.807, 2.05) is 13.8 Å². The summed E-state index contributed by atoms with van der Waals surface area (Å²) in [6.45, 7) is 19.5. The lowest BCUT2D eigenvalue weighted by molar-refractivity contribution is -0.329. The van der Waals surface area contributed by atoms with Crippen LogP contribution in [0.5, 0.6) is 0 Å². The van der Waals surface area contributed by atoms with Gasteiger partial charge in [0, 0.05) is 17.8 Å². The van der Waals surface area contributed by atoms with E-state index in [4.69, 9.17) is 23.4 Å². The maximum atomic E-state index is 11.8. The van der Waals surface area contributed by atoms with Crippen LogP contribution in [0.3, 0.4) is 0 Å². The predicted molar refractivity (Wildman–Crippen MR) is 140 cm³/mol. The van der Waals surface area contributed by atoms with Crippen molar-refractivity contribution >= 4 is 14.3 Å². The normalized spacial score (nSPS) is 37.2. The summed E-state index contributed by atoms with van der Waals surface area (Å²) in [5.41, 5.74) is 9.38. The minimum atomic E-state index is -2.34. The van der Waals surface area contributed by atoms with Crippen LogP contribution in [0, 0.1) is 17.8 Å². The van der Waals surface area contributed by atoms with Crippen LogP contribution in [-0.4, -0.2) is 80.2 Å². The fourth-order valence-corrected chi connectivity index (χ4v) is 7.46. The van der Waals surface area contributed by atoms with Crippen molar-refractivity contribution < 1.29 is 38.4 Å². The van der Waals surface area contributed by atoms with Gasteiger partial charge in [-0.25, -0.2) is 0 Å². The van der Waals surface area contributed by atoms with Gasteiger partial charge in [0.05, 0.1) is 31.0 Å². The molecule has 0 amide bonds. The van der Waals surface area contributed by atoms with Crippen molar-refractivity contribution in [2.75, 3.05) is 6.61 Å². The lowest BCUT2D eigenvalue weighted by Crippen LogP contribution is -2.62. The number of hydrogen-bond acceptors (Lipinski definition) is 9. The van der Waals surface area contributed by atoms with Crippen LogP contribution in [0.4, 0.5) is 0 Å². The molecule has 0 aromatic carbocycles. The molecule has 0 aromatic rings. The van der Waals surface area contributed by atoms with Gasteiger partial charge < -0.3 is 33.6 Å². The quantitative estimate of drug-likeness (QED) is 0.137. The number of esters is 1. The topological polar surface area (TPSA) is 152 Å². The fraction of sp³-hybridized carbons (Fsp3) is 0.960. The van der Waals surface area contributed by atoms with E-state index in [0.29, 0.717) is 12.3 Å². The Kier molecular flexibility index (Phi) is 11.0. The molecular formula is C25H47N3O8Si. The maximum absolute atomic E-state index is 11.8. The number of carbonyl (C=O) groups excluding carboxylic acids is 1. The zero-order chi connectivity index (χ0) is 28.3. The fourth-order valence-electron chi connectivity index (χ4n) is 4.99. The number of aliphatic hydroxyl groups excluding tert-OH is 2. The molecule has 0 aromatic heterocycles. The summed E-state index contributed by atoms with van der Waals surface area (Å²) in [4.78, 5) is 14.9. The number of hydrogen-bond donors (Lipinski definition) is 2. The largest absolute Gasteiger partial charge is 0.457 e. The molecule has 2 aliphatic heterocycles. The molecule has 0 bridgehead atoms. The molecule has 2 aliphatic rings. The first-order valence-electron chi connectivity index (χ1n) is 13.3. The van der Waals surface area contributed by atoms with Crippen LogP contribution in [-0.2, 0) is 28.2 Å². The highest BCUT2D eigenvalue weighted by molar-refractivity contribution is 6.74. The second-order valence-corrected chi connectivity index (χ2v) is 16.3. The van der Waals surface area contributed by atoms with Crippen LogP contribution in [0.2, 0.25) is 18.1 Å². The van der Waals surface area contributed by atoms with E-state index < -0.39 is 76.0 Å². The van der Waals surface area contributed by atoms with Gasteiger partial charge in [0.2, 0.25) is 0 Å². The third kappa shape index (κ3) is 6.86. The molecule has 11 nitrogen and oxygen atoms in total. The molecule has 0 radical (unpaired) electrons. The number of nitrogens with zero attached hydrogens (tertiary/aromatic N) is 3. The van der Waals surface area contributed by atoms with E-state index in [1.54, 1.807) is 6.92 Å². The van der Waals surface area contributed by atoms with E-state index in [2.05, 4.69) is 50.8 Å². The van der Waals surface area contributed by atoms with E-state index in [0.717, 1.165) is 0 Å². The molecule has 2 fully saturated rings. The van der Waals surface area contributed by atoms with Gasteiger partial charge in [-0.3, -0.25) is 4.79 Å². The van der Waals surface area contributed by atoms with Crippen molar-refractivity contribution in [1.29, 1.82) is 0 Å². The molecule has 0 spiro atoms. The molecule has 2 heterocycles. The van der Waals surface area contributed by atoms with Crippen LogP contribution in [0.25, 0.3) is 10.4 Å². The molecule has 2 N–H and O–H groups in total. The summed E-state index contributed by atoms with van der Waals surface area (Å²) in [6, 6.07) is -0.667. The molecule has 4 unspecified atom stereocenters. The Balaban J connectivity index is 2.37. The van der Waals surface area contributed by atoms with Crippen LogP contribution >= 0.6 is 0 Å². The summed E-state index contributed by atoms with van der Waals surface area (Å²) >= 11 is 0. The standard InChI is InChI=1S/C25H47N3O8Si/c1-11-17-21(35-24-22(32-16(6)30)15(5)20(31)18(12-29)34-24)14(4)19(27-28-26)23(33-17)36-37(9,10)25(7,8)13(2)3/h13-15,17-24,29,31H,11-12H2,1-10H3/t14-,15+,17?,18?,19?,20+,21+,22?,23+,24+/m1/s1. The molecule has 2 saturated heterocycles. The molecule has 214 valence electrons. The van der Waals surface area contributed by atoms with Gasteiger partial charge in [0.15, 0.2) is 27.0 Å². The summed E-state index contributed by atoms with van der Waals surface area (Å²) in [7, 11) is -2.34.